The topological polar surface area (TPSA) is 105 Å². The predicted octanol–water partition coefficient (Wildman–Crippen LogP) is 2.45. The van der Waals surface area contributed by atoms with Crippen molar-refractivity contribution in [2.75, 3.05) is 34.3 Å². The number of carbonyl (C=O) groups is 2. The van der Waals surface area contributed by atoms with Crippen LogP contribution in [0.3, 0.4) is 0 Å². The van der Waals surface area contributed by atoms with Crippen molar-refractivity contribution in [1.82, 2.24) is 0 Å². The third-order valence-electron chi connectivity index (χ3n) is 3.65. The highest BCUT2D eigenvalue weighted by molar-refractivity contribution is 7.92. The molecule has 8 nitrogen and oxygen atoms in total. The maximum Gasteiger partial charge on any atom is 0.262 e. The second kappa shape index (κ2) is 9.23. The molecule has 0 heterocycles. The summed E-state index contributed by atoms with van der Waals surface area (Å²) in [6, 6.07) is 13.2. The molecule has 2 amide bonds. The van der Waals surface area contributed by atoms with Crippen LogP contribution in [-0.4, -0.2) is 39.6 Å². The molecule has 0 saturated heterocycles. The summed E-state index contributed by atoms with van der Waals surface area (Å²) < 4.78 is 30.2. The molecule has 0 aliphatic heterocycles. The highest BCUT2D eigenvalue weighted by atomic mass is 32.2. The lowest BCUT2D eigenvalue weighted by atomic mass is 10.2. The molecule has 0 fully saturated rings. The Hall–Kier alpha value is -3.07. The molecule has 0 atom stereocenters. The third-order valence-corrected chi connectivity index (χ3v) is 4.92. The molecule has 0 bridgehead atoms. The van der Waals surface area contributed by atoms with Gasteiger partial charge in [-0.1, -0.05) is 6.07 Å². The molecule has 2 N–H and O–H groups in total. The van der Waals surface area contributed by atoms with Crippen LogP contribution >= 0.6 is 0 Å². The van der Waals surface area contributed by atoms with Gasteiger partial charge in [0.2, 0.25) is 15.9 Å². The maximum atomic E-state index is 12.1. The average Bonchev–Trinajstić information content (AvgIpc) is 2.60. The second-order valence-corrected chi connectivity index (χ2v) is 7.93. The average molecular weight is 405 g/mol. The first-order chi connectivity index (χ1) is 13.2. The van der Waals surface area contributed by atoms with Gasteiger partial charge in [-0.05, 0) is 49.4 Å². The summed E-state index contributed by atoms with van der Waals surface area (Å²) >= 11 is 0. The highest BCUT2D eigenvalue weighted by Crippen LogP contribution is 2.21. The third kappa shape index (κ3) is 6.27. The lowest BCUT2D eigenvalue weighted by Crippen LogP contribution is -2.29. The van der Waals surface area contributed by atoms with Gasteiger partial charge in [-0.2, -0.15) is 0 Å². The molecule has 28 heavy (non-hydrogen) atoms. The number of hydrogen-bond acceptors (Lipinski definition) is 5. The van der Waals surface area contributed by atoms with Crippen LogP contribution in [0.5, 0.6) is 5.75 Å². The van der Waals surface area contributed by atoms with E-state index in [2.05, 4.69) is 10.6 Å². The summed E-state index contributed by atoms with van der Waals surface area (Å²) in [7, 11) is -3.35. The van der Waals surface area contributed by atoms with Crippen molar-refractivity contribution in [3.8, 4) is 5.75 Å². The largest absolute Gasteiger partial charge is 0.484 e. The van der Waals surface area contributed by atoms with E-state index in [1.165, 1.54) is 11.2 Å². The molecule has 0 aromatic heterocycles. The number of nitrogens with one attached hydrogen (secondary N) is 2. The van der Waals surface area contributed by atoms with E-state index in [0.717, 1.165) is 6.26 Å². The summed E-state index contributed by atoms with van der Waals surface area (Å²) in [5.41, 5.74) is 1.63. The van der Waals surface area contributed by atoms with Crippen molar-refractivity contribution >= 4 is 38.9 Å². The number of anilines is 3. The molecule has 150 valence electrons. The molecular weight excluding hydrogens is 382 g/mol. The molecule has 0 saturated carbocycles. The Morgan fingerprint density at radius 3 is 2.18 bits per heavy atom. The zero-order valence-electron chi connectivity index (χ0n) is 15.9. The van der Waals surface area contributed by atoms with Gasteiger partial charge in [-0.3, -0.25) is 13.9 Å². The Bertz CT molecular complexity index is 942. The van der Waals surface area contributed by atoms with Crippen LogP contribution < -0.4 is 19.7 Å². The van der Waals surface area contributed by atoms with Gasteiger partial charge in [0.25, 0.3) is 5.91 Å². The van der Waals surface area contributed by atoms with E-state index < -0.39 is 10.0 Å². The molecule has 0 aliphatic rings. The van der Waals surface area contributed by atoms with E-state index in [9.17, 15) is 18.0 Å². The van der Waals surface area contributed by atoms with E-state index in [1.807, 2.05) is 0 Å². The number of sulfonamides is 1. The van der Waals surface area contributed by atoms with E-state index in [1.54, 1.807) is 55.5 Å². The Morgan fingerprint density at radius 1 is 1.04 bits per heavy atom. The maximum absolute atomic E-state index is 12.1. The number of amides is 2. The van der Waals surface area contributed by atoms with Gasteiger partial charge < -0.3 is 15.4 Å². The Labute approximate surface area is 164 Å². The van der Waals surface area contributed by atoms with Gasteiger partial charge in [0.1, 0.15) is 5.75 Å². The quantitative estimate of drug-likeness (QED) is 0.702. The number of carbonyl (C=O) groups excluding carboxylic acids is 2. The monoisotopic (exact) mass is 405 g/mol. The van der Waals surface area contributed by atoms with E-state index in [4.69, 9.17) is 4.74 Å². The highest BCUT2D eigenvalue weighted by Gasteiger charge is 2.15. The van der Waals surface area contributed by atoms with Crippen LogP contribution in [0.2, 0.25) is 0 Å². The molecule has 0 radical (unpaired) electrons. The smallest absolute Gasteiger partial charge is 0.262 e. The number of nitrogens with zero attached hydrogens (tertiary/aromatic N) is 1. The lowest BCUT2D eigenvalue weighted by Gasteiger charge is -2.20. The SMILES string of the molecule is CCN(c1ccc(OCC(=O)Nc2cccc(NC(C)=O)c2)cc1)S(C)(=O)=O. The van der Waals surface area contributed by atoms with Crippen LogP contribution in [0.25, 0.3) is 0 Å². The van der Waals surface area contributed by atoms with Gasteiger partial charge in [0.05, 0.1) is 11.9 Å². The van der Waals surface area contributed by atoms with E-state index >= 15 is 0 Å². The zero-order valence-corrected chi connectivity index (χ0v) is 16.7. The molecule has 0 spiro atoms. The van der Waals surface area contributed by atoms with Crippen LogP contribution in [0.1, 0.15) is 13.8 Å². The number of rotatable bonds is 8. The summed E-state index contributed by atoms with van der Waals surface area (Å²) in [4.78, 5) is 23.2. The van der Waals surface area contributed by atoms with Crippen LogP contribution in [-0.2, 0) is 19.6 Å². The molecule has 0 aliphatic carbocycles. The number of ether oxygens (including phenoxy) is 1. The lowest BCUT2D eigenvalue weighted by molar-refractivity contribution is -0.118. The van der Waals surface area contributed by atoms with Crippen molar-refractivity contribution in [1.29, 1.82) is 0 Å². The summed E-state index contributed by atoms with van der Waals surface area (Å²) in [5, 5.41) is 5.32. The van der Waals surface area contributed by atoms with Gasteiger partial charge in [-0.15, -0.1) is 0 Å². The minimum absolute atomic E-state index is 0.201. The van der Waals surface area contributed by atoms with Gasteiger partial charge >= 0.3 is 0 Å². The number of benzene rings is 2. The predicted molar refractivity (Wildman–Crippen MR) is 109 cm³/mol. The van der Waals surface area contributed by atoms with Crippen molar-refractivity contribution in [2.45, 2.75) is 13.8 Å². The van der Waals surface area contributed by atoms with Crippen molar-refractivity contribution in [3.05, 3.63) is 48.5 Å². The molecule has 0 unspecified atom stereocenters. The van der Waals surface area contributed by atoms with Crippen LogP contribution in [0.4, 0.5) is 17.1 Å². The minimum Gasteiger partial charge on any atom is -0.484 e. The van der Waals surface area contributed by atoms with Crippen LogP contribution in [0, 0.1) is 0 Å². The first kappa shape index (κ1) is 21.2. The second-order valence-electron chi connectivity index (χ2n) is 6.02. The van der Waals surface area contributed by atoms with Crippen molar-refractivity contribution in [3.63, 3.8) is 0 Å². The molecular formula is C19H23N3O5S. The van der Waals surface area contributed by atoms with Gasteiger partial charge in [0.15, 0.2) is 6.61 Å². The molecule has 2 aromatic rings. The van der Waals surface area contributed by atoms with Crippen molar-refractivity contribution in [2.24, 2.45) is 0 Å². The zero-order chi connectivity index (χ0) is 20.7. The molecule has 2 aromatic carbocycles. The normalized spacial score (nSPS) is 10.8. The fourth-order valence-electron chi connectivity index (χ4n) is 2.54. The number of hydrogen-bond donors (Lipinski definition) is 2. The first-order valence-electron chi connectivity index (χ1n) is 8.57. The molecule has 9 heteroatoms. The van der Waals surface area contributed by atoms with Gasteiger partial charge in [0, 0.05) is 24.8 Å². The first-order valence-corrected chi connectivity index (χ1v) is 10.4. The fourth-order valence-corrected chi connectivity index (χ4v) is 3.51. The van der Waals surface area contributed by atoms with Crippen LogP contribution in [0.15, 0.2) is 48.5 Å². The summed E-state index contributed by atoms with van der Waals surface area (Å²) in [6.07, 6.45) is 1.15. The standard InChI is InChI=1S/C19H23N3O5S/c1-4-22(28(3,25)26)17-8-10-18(11-9-17)27-13-19(24)21-16-7-5-6-15(12-16)20-14(2)23/h5-12H,4,13H2,1-3H3,(H,20,23)(H,21,24). The fraction of sp³-hybridized carbons (Fsp3) is 0.263. The van der Waals surface area contributed by atoms with E-state index in [0.29, 0.717) is 29.4 Å². The minimum atomic E-state index is -3.35. The summed E-state index contributed by atoms with van der Waals surface area (Å²) in [5.74, 6) is -0.126. The Balaban J connectivity index is 1.93. The Kier molecular flexibility index (Phi) is 7.00. The molecule has 2 rings (SSSR count). The van der Waals surface area contributed by atoms with Crippen molar-refractivity contribution < 1.29 is 22.7 Å². The summed E-state index contributed by atoms with van der Waals surface area (Å²) in [6.45, 7) is 3.25. The Morgan fingerprint density at radius 2 is 1.64 bits per heavy atom. The van der Waals surface area contributed by atoms with E-state index in [-0.39, 0.29) is 18.4 Å². The van der Waals surface area contributed by atoms with Gasteiger partial charge in [-0.25, -0.2) is 8.42 Å².